The van der Waals surface area contributed by atoms with Gasteiger partial charge >= 0.3 is 0 Å². The molecular weight excluding hydrogens is 376 g/mol. The van der Waals surface area contributed by atoms with Gasteiger partial charge in [0.25, 0.3) is 0 Å². The number of para-hydroxylation sites is 1. The number of H-pyrrole nitrogens is 1. The van der Waals surface area contributed by atoms with Crippen LogP contribution in [0.1, 0.15) is 48.3 Å². The van der Waals surface area contributed by atoms with Gasteiger partial charge in [-0.3, -0.25) is 9.59 Å². The van der Waals surface area contributed by atoms with Gasteiger partial charge < -0.3 is 14.6 Å². The molecule has 0 aliphatic carbocycles. The summed E-state index contributed by atoms with van der Waals surface area (Å²) in [6, 6.07) is 19.8. The standard InChI is InChI=1S/C25H26N2O3/c1-2-19-18(13-23(28)21-12-17-10-6-7-11-20(17)26-21)14-24(29)27-22(15-30-25(19)27)16-8-4-3-5-9-16/h3-12,18-19,22,25-26H,2,13-15H2,1H3/t18-,19-,22+,25+/m1/s1. The van der Waals surface area contributed by atoms with Crippen molar-refractivity contribution < 1.29 is 14.3 Å². The number of ketones is 1. The molecule has 0 unspecified atom stereocenters. The van der Waals surface area contributed by atoms with Gasteiger partial charge in [-0.2, -0.15) is 0 Å². The van der Waals surface area contributed by atoms with E-state index in [0.29, 0.717) is 25.1 Å². The lowest BCUT2D eigenvalue weighted by atomic mass is 9.78. The minimum Gasteiger partial charge on any atom is -0.355 e. The number of Topliss-reactive ketones (excluding diaryl/α,β-unsaturated/α-hetero) is 1. The average Bonchev–Trinajstić information content (AvgIpc) is 3.40. The van der Waals surface area contributed by atoms with Crippen molar-refractivity contribution in [3.8, 4) is 0 Å². The van der Waals surface area contributed by atoms with Gasteiger partial charge in [-0.15, -0.1) is 0 Å². The molecule has 5 heteroatoms. The highest BCUT2D eigenvalue weighted by atomic mass is 16.5. The normalized spacial score (nSPS) is 26.2. The largest absolute Gasteiger partial charge is 0.355 e. The van der Waals surface area contributed by atoms with Gasteiger partial charge in [0.1, 0.15) is 6.23 Å². The Labute approximate surface area is 176 Å². The van der Waals surface area contributed by atoms with Gasteiger partial charge in [0.05, 0.1) is 18.3 Å². The third kappa shape index (κ3) is 3.23. The lowest BCUT2D eigenvalue weighted by Crippen LogP contribution is -2.50. The molecule has 0 bridgehead atoms. The highest BCUT2D eigenvalue weighted by Gasteiger charge is 2.49. The average molecular weight is 402 g/mol. The van der Waals surface area contributed by atoms with Crippen molar-refractivity contribution in [1.82, 2.24) is 9.88 Å². The Kier molecular flexibility index (Phi) is 4.91. The molecule has 4 atom stereocenters. The number of piperidine rings is 1. The molecule has 5 nitrogen and oxygen atoms in total. The monoisotopic (exact) mass is 402 g/mol. The number of fused-ring (bicyclic) bond motifs is 2. The minimum absolute atomic E-state index is 0.00261. The van der Waals surface area contributed by atoms with Crippen LogP contribution >= 0.6 is 0 Å². The van der Waals surface area contributed by atoms with E-state index in [1.165, 1.54) is 0 Å². The lowest BCUT2D eigenvalue weighted by Gasteiger charge is -2.42. The molecule has 5 rings (SSSR count). The van der Waals surface area contributed by atoms with Crippen molar-refractivity contribution >= 4 is 22.6 Å². The molecule has 2 fully saturated rings. The molecule has 1 amide bonds. The van der Waals surface area contributed by atoms with Crippen LogP contribution in [0.4, 0.5) is 0 Å². The molecule has 0 spiro atoms. The molecule has 2 aliphatic rings. The number of hydrogen-bond donors (Lipinski definition) is 1. The van der Waals surface area contributed by atoms with E-state index in [4.69, 9.17) is 4.74 Å². The van der Waals surface area contributed by atoms with E-state index in [9.17, 15) is 9.59 Å². The van der Waals surface area contributed by atoms with Gasteiger partial charge in [0.15, 0.2) is 5.78 Å². The number of amides is 1. The SMILES string of the molecule is CC[C@@H]1[C@H](CC(=O)c2cc3ccccc3[nH]2)CC(=O)N2[C@H](c3ccccc3)CO[C@@H]12. The first kappa shape index (κ1) is 19.1. The summed E-state index contributed by atoms with van der Waals surface area (Å²) in [5.74, 6) is 0.306. The van der Waals surface area contributed by atoms with Crippen molar-refractivity contribution in [2.24, 2.45) is 11.8 Å². The van der Waals surface area contributed by atoms with Crippen molar-refractivity contribution in [2.45, 2.75) is 38.5 Å². The smallest absolute Gasteiger partial charge is 0.225 e. The summed E-state index contributed by atoms with van der Waals surface area (Å²) in [5.41, 5.74) is 2.69. The topological polar surface area (TPSA) is 62.4 Å². The second-order valence-corrected chi connectivity index (χ2v) is 8.39. The van der Waals surface area contributed by atoms with Crippen LogP contribution in [0.5, 0.6) is 0 Å². The summed E-state index contributed by atoms with van der Waals surface area (Å²) >= 11 is 0. The molecule has 30 heavy (non-hydrogen) atoms. The fraction of sp³-hybridized carbons (Fsp3) is 0.360. The Balaban J connectivity index is 1.36. The molecule has 3 heterocycles. The number of ether oxygens (including phenoxy) is 1. The summed E-state index contributed by atoms with van der Waals surface area (Å²) < 4.78 is 6.15. The van der Waals surface area contributed by atoms with Crippen LogP contribution in [0.2, 0.25) is 0 Å². The highest BCUT2D eigenvalue weighted by molar-refractivity contribution is 5.99. The Morgan fingerprint density at radius 1 is 1.13 bits per heavy atom. The second kappa shape index (κ2) is 7.73. The summed E-state index contributed by atoms with van der Waals surface area (Å²) in [6.45, 7) is 2.64. The predicted octanol–water partition coefficient (Wildman–Crippen LogP) is 4.71. The van der Waals surface area contributed by atoms with E-state index >= 15 is 0 Å². The molecule has 1 N–H and O–H groups in total. The van der Waals surface area contributed by atoms with Crippen LogP contribution in [-0.4, -0.2) is 34.4 Å². The van der Waals surface area contributed by atoms with Gasteiger partial charge in [-0.05, 0) is 30.0 Å². The number of carbonyl (C=O) groups excluding carboxylic acids is 2. The van der Waals surface area contributed by atoms with Crippen molar-refractivity contribution in [3.63, 3.8) is 0 Å². The molecule has 1 aromatic heterocycles. The molecule has 0 saturated carbocycles. The van der Waals surface area contributed by atoms with Crippen LogP contribution in [0, 0.1) is 11.8 Å². The van der Waals surface area contributed by atoms with E-state index in [-0.39, 0.29) is 35.8 Å². The number of aromatic nitrogens is 1. The maximum atomic E-state index is 13.1. The third-order valence-electron chi connectivity index (χ3n) is 6.67. The zero-order valence-corrected chi connectivity index (χ0v) is 17.1. The van der Waals surface area contributed by atoms with E-state index < -0.39 is 0 Å². The Morgan fingerprint density at radius 3 is 2.67 bits per heavy atom. The summed E-state index contributed by atoms with van der Waals surface area (Å²) in [6.07, 6.45) is 1.39. The molecule has 0 radical (unpaired) electrons. The van der Waals surface area contributed by atoms with Crippen molar-refractivity contribution in [1.29, 1.82) is 0 Å². The molecule has 154 valence electrons. The molecule has 2 saturated heterocycles. The number of nitrogens with one attached hydrogen (secondary N) is 1. The van der Waals surface area contributed by atoms with Crippen LogP contribution < -0.4 is 0 Å². The van der Waals surface area contributed by atoms with Crippen molar-refractivity contribution in [2.75, 3.05) is 6.61 Å². The van der Waals surface area contributed by atoms with Gasteiger partial charge in [0, 0.05) is 29.7 Å². The van der Waals surface area contributed by atoms with E-state index in [1.807, 2.05) is 53.4 Å². The van der Waals surface area contributed by atoms with Crippen LogP contribution in [0.3, 0.4) is 0 Å². The number of aromatic amines is 1. The number of hydrogen-bond acceptors (Lipinski definition) is 3. The Morgan fingerprint density at radius 2 is 1.90 bits per heavy atom. The van der Waals surface area contributed by atoms with Crippen LogP contribution in [0.15, 0.2) is 60.7 Å². The van der Waals surface area contributed by atoms with Gasteiger partial charge in [0.2, 0.25) is 5.91 Å². The summed E-state index contributed by atoms with van der Waals surface area (Å²) in [5, 5.41) is 1.03. The number of carbonyl (C=O) groups is 2. The summed E-state index contributed by atoms with van der Waals surface area (Å²) in [4.78, 5) is 31.3. The summed E-state index contributed by atoms with van der Waals surface area (Å²) in [7, 11) is 0. The number of nitrogens with zero attached hydrogens (tertiary/aromatic N) is 1. The number of rotatable bonds is 5. The van der Waals surface area contributed by atoms with Crippen LogP contribution in [0.25, 0.3) is 10.9 Å². The molecule has 3 aromatic rings. The van der Waals surface area contributed by atoms with E-state index in [2.05, 4.69) is 24.0 Å². The maximum absolute atomic E-state index is 13.1. The Hall–Kier alpha value is -2.92. The first-order valence-corrected chi connectivity index (χ1v) is 10.7. The zero-order valence-electron chi connectivity index (χ0n) is 17.1. The van der Waals surface area contributed by atoms with Gasteiger partial charge in [-0.25, -0.2) is 0 Å². The van der Waals surface area contributed by atoms with Crippen molar-refractivity contribution in [3.05, 3.63) is 71.9 Å². The quantitative estimate of drug-likeness (QED) is 0.629. The Bertz CT molecular complexity index is 1040. The van der Waals surface area contributed by atoms with E-state index in [1.54, 1.807) is 0 Å². The molecule has 2 aliphatic heterocycles. The highest BCUT2D eigenvalue weighted by Crippen LogP contribution is 2.43. The molecular formula is C25H26N2O3. The van der Waals surface area contributed by atoms with Crippen LogP contribution in [-0.2, 0) is 9.53 Å². The zero-order chi connectivity index (χ0) is 20.7. The number of benzene rings is 2. The van der Waals surface area contributed by atoms with E-state index in [0.717, 1.165) is 22.9 Å². The predicted molar refractivity (Wildman–Crippen MR) is 115 cm³/mol. The first-order chi connectivity index (χ1) is 14.7. The third-order valence-corrected chi connectivity index (χ3v) is 6.67. The fourth-order valence-electron chi connectivity index (χ4n) is 5.15. The second-order valence-electron chi connectivity index (χ2n) is 8.39. The molecule has 2 aromatic carbocycles. The van der Waals surface area contributed by atoms with Gasteiger partial charge in [-0.1, -0.05) is 55.5 Å². The maximum Gasteiger partial charge on any atom is 0.225 e. The minimum atomic E-state index is -0.248. The fourth-order valence-corrected chi connectivity index (χ4v) is 5.15. The first-order valence-electron chi connectivity index (χ1n) is 10.7. The lowest BCUT2D eigenvalue weighted by molar-refractivity contribution is -0.152.